The largest absolute Gasteiger partial charge is 0.328 e. The maximum atomic E-state index is 6.42. The van der Waals surface area contributed by atoms with Crippen LogP contribution in [-0.2, 0) is 0 Å². The van der Waals surface area contributed by atoms with Crippen molar-refractivity contribution in [2.75, 3.05) is 0 Å². The Kier molecular flexibility index (Phi) is 17.2. The van der Waals surface area contributed by atoms with Gasteiger partial charge in [-0.3, -0.25) is 0 Å². The van der Waals surface area contributed by atoms with Gasteiger partial charge >= 0.3 is 0 Å². The first kappa shape index (κ1) is 29.0. The van der Waals surface area contributed by atoms with Gasteiger partial charge in [0, 0.05) is 6.04 Å². The average Bonchev–Trinajstić information content (AvgIpc) is 3.52. The van der Waals surface area contributed by atoms with E-state index in [0.29, 0.717) is 11.5 Å². The molecule has 1 heteroatoms. The van der Waals surface area contributed by atoms with Gasteiger partial charge in [0.25, 0.3) is 0 Å². The van der Waals surface area contributed by atoms with Gasteiger partial charge in [-0.2, -0.15) is 0 Å². The Morgan fingerprint density at radius 3 is 1.65 bits per heavy atom. The van der Waals surface area contributed by atoms with Crippen LogP contribution in [-0.4, -0.2) is 6.04 Å². The monoisotopic (exact) mass is 435 g/mol. The zero-order valence-electron chi connectivity index (χ0n) is 22.4. The van der Waals surface area contributed by atoms with E-state index < -0.39 is 0 Å². The molecule has 1 saturated carbocycles. The Hall–Kier alpha value is -0.0400. The molecule has 1 nitrogen and oxygen atoms in total. The quantitative estimate of drug-likeness (QED) is 0.159. The summed E-state index contributed by atoms with van der Waals surface area (Å²) in [7, 11) is 0. The first-order valence-corrected chi connectivity index (χ1v) is 14.8. The number of hydrogen-bond acceptors (Lipinski definition) is 1. The fourth-order valence-electron chi connectivity index (χ4n) is 5.75. The van der Waals surface area contributed by atoms with E-state index in [-0.39, 0.29) is 0 Å². The van der Waals surface area contributed by atoms with Crippen LogP contribution in [0.2, 0.25) is 0 Å². The lowest BCUT2D eigenvalue weighted by molar-refractivity contribution is 0.251. The fraction of sp³-hybridized carbons (Fsp3) is 1.00. The van der Waals surface area contributed by atoms with Crippen LogP contribution in [0.5, 0.6) is 0 Å². The fourth-order valence-corrected chi connectivity index (χ4v) is 5.75. The third-order valence-electron chi connectivity index (χ3n) is 8.18. The topological polar surface area (TPSA) is 26.0 Å². The van der Waals surface area contributed by atoms with Crippen molar-refractivity contribution in [1.82, 2.24) is 0 Å². The Morgan fingerprint density at radius 1 is 0.645 bits per heavy atom. The standard InChI is InChI=1S/C30H61N/c1-5-7-9-11-13-14-16-17-19-22-27-26-29(27)30(3,4)25-21-24-28(31)23-20-18-15-12-10-8-6-2/h27-29H,5-26,31H2,1-4H3/t27-,28?,29+/m0/s1. The molecule has 1 aliphatic carbocycles. The van der Waals surface area contributed by atoms with Crippen LogP contribution in [0, 0.1) is 17.3 Å². The van der Waals surface area contributed by atoms with Gasteiger partial charge in [0.15, 0.2) is 0 Å². The smallest absolute Gasteiger partial charge is 0.00388 e. The maximum Gasteiger partial charge on any atom is 0.00388 e. The second kappa shape index (κ2) is 18.4. The highest BCUT2D eigenvalue weighted by Gasteiger charge is 2.46. The summed E-state index contributed by atoms with van der Waals surface area (Å²) in [5.74, 6) is 2.04. The average molecular weight is 436 g/mol. The van der Waals surface area contributed by atoms with E-state index >= 15 is 0 Å². The molecule has 0 spiro atoms. The van der Waals surface area contributed by atoms with Gasteiger partial charge in [-0.05, 0) is 42.9 Å². The molecule has 0 aromatic carbocycles. The van der Waals surface area contributed by atoms with E-state index in [1.165, 1.54) is 141 Å². The minimum absolute atomic E-state index is 0.448. The SMILES string of the molecule is CCCCCCCCCCC[C@H]1C[C@H]1C(C)(C)CCCC(N)CCCCCCCCC. The molecule has 0 heterocycles. The van der Waals surface area contributed by atoms with Crippen LogP contribution >= 0.6 is 0 Å². The van der Waals surface area contributed by atoms with Crippen LogP contribution in [0.3, 0.4) is 0 Å². The van der Waals surface area contributed by atoms with E-state index in [2.05, 4.69) is 27.7 Å². The molecular weight excluding hydrogens is 374 g/mol. The third kappa shape index (κ3) is 15.4. The predicted octanol–water partition coefficient (Wildman–Crippen LogP) is 10.2. The van der Waals surface area contributed by atoms with E-state index in [0.717, 1.165) is 11.8 Å². The molecule has 0 radical (unpaired) electrons. The van der Waals surface area contributed by atoms with Gasteiger partial charge in [0.1, 0.15) is 0 Å². The molecule has 0 amide bonds. The van der Waals surface area contributed by atoms with E-state index in [1.54, 1.807) is 0 Å². The van der Waals surface area contributed by atoms with Gasteiger partial charge < -0.3 is 5.73 Å². The molecule has 186 valence electrons. The van der Waals surface area contributed by atoms with Crippen molar-refractivity contribution in [2.45, 2.75) is 175 Å². The van der Waals surface area contributed by atoms with Gasteiger partial charge in [-0.1, -0.05) is 143 Å². The van der Waals surface area contributed by atoms with Crippen molar-refractivity contribution in [3.05, 3.63) is 0 Å². The first-order chi connectivity index (χ1) is 15.0. The zero-order valence-corrected chi connectivity index (χ0v) is 22.4. The normalized spacial score (nSPS) is 19.6. The lowest BCUT2D eigenvalue weighted by Gasteiger charge is -2.26. The predicted molar refractivity (Wildman–Crippen MR) is 142 cm³/mol. The van der Waals surface area contributed by atoms with Gasteiger partial charge in [0.05, 0.1) is 0 Å². The van der Waals surface area contributed by atoms with E-state index in [9.17, 15) is 0 Å². The molecule has 0 aromatic rings. The Balaban J connectivity index is 1.95. The van der Waals surface area contributed by atoms with Crippen LogP contribution in [0.4, 0.5) is 0 Å². The summed E-state index contributed by atoms with van der Waals surface area (Å²) in [5, 5.41) is 0. The van der Waals surface area contributed by atoms with Crippen molar-refractivity contribution < 1.29 is 0 Å². The van der Waals surface area contributed by atoms with Crippen LogP contribution in [0.1, 0.15) is 169 Å². The number of nitrogens with two attached hydrogens (primary N) is 1. The molecule has 0 bridgehead atoms. The molecule has 0 aromatic heterocycles. The highest BCUT2D eigenvalue weighted by Crippen LogP contribution is 2.55. The van der Waals surface area contributed by atoms with Crippen molar-refractivity contribution >= 4 is 0 Å². The summed E-state index contributed by atoms with van der Waals surface area (Å²) in [6.45, 7) is 9.67. The third-order valence-corrected chi connectivity index (χ3v) is 8.18. The summed E-state index contributed by atoms with van der Waals surface area (Å²) in [6.07, 6.45) is 31.1. The Bertz CT molecular complexity index is 388. The second-order valence-electron chi connectivity index (χ2n) is 11.8. The van der Waals surface area contributed by atoms with Crippen molar-refractivity contribution in [1.29, 1.82) is 0 Å². The zero-order chi connectivity index (χ0) is 22.8. The van der Waals surface area contributed by atoms with Crippen LogP contribution in [0.25, 0.3) is 0 Å². The second-order valence-corrected chi connectivity index (χ2v) is 11.8. The Morgan fingerprint density at radius 2 is 1.10 bits per heavy atom. The molecule has 0 aliphatic heterocycles. The summed E-state index contributed by atoms with van der Waals surface area (Å²) in [4.78, 5) is 0. The maximum absolute atomic E-state index is 6.42. The molecule has 1 aliphatic rings. The van der Waals surface area contributed by atoms with E-state index in [4.69, 9.17) is 5.73 Å². The van der Waals surface area contributed by atoms with Gasteiger partial charge in [-0.25, -0.2) is 0 Å². The molecule has 3 atom stereocenters. The molecule has 31 heavy (non-hydrogen) atoms. The number of rotatable bonds is 23. The van der Waals surface area contributed by atoms with Crippen molar-refractivity contribution in [3.63, 3.8) is 0 Å². The summed E-state index contributed by atoms with van der Waals surface area (Å²) < 4.78 is 0. The minimum Gasteiger partial charge on any atom is -0.328 e. The highest BCUT2D eigenvalue weighted by molar-refractivity contribution is 4.95. The van der Waals surface area contributed by atoms with Gasteiger partial charge in [-0.15, -0.1) is 0 Å². The molecule has 1 unspecified atom stereocenters. The first-order valence-electron chi connectivity index (χ1n) is 14.8. The molecular formula is C30H61N. The molecule has 0 saturated heterocycles. The number of unbranched alkanes of at least 4 members (excludes halogenated alkanes) is 14. The van der Waals surface area contributed by atoms with Crippen molar-refractivity contribution in [2.24, 2.45) is 23.0 Å². The molecule has 2 N–H and O–H groups in total. The summed E-state index contributed by atoms with van der Waals surface area (Å²) in [5.41, 5.74) is 6.97. The van der Waals surface area contributed by atoms with Crippen molar-refractivity contribution in [3.8, 4) is 0 Å². The van der Waals surface area contributed by atoms with Crippen LogP contribution < -0.4 is 5.73 Å². The lowest BCUT2D eigenvalue weighted by atomic mass is 9.80. The minimum atomic E-state index is 0.448. The summed E-state index contributed by atoms with van der Waals surface area (Å²) in [6, 6.07) is 0.448. The Labute approximate surface area is 198 Å². The van der Waals surface area contributed by atoms with Crippen LogP contribution in [0.15, 0.2) is 0 Å². The summed E-state index contributed by atoms with van der Waals surface area (Å²) >= 11 is 0. The van der Waals surface area contributed by atoms with E-state index in [1.807, 2.05) is 0 Å². The molecule has 1 rings (SSSR count). The highest BCUT2D eigenvalue weighted by atomic mass is 14.6. The molecule has 1 fully saturated rings. The van der Waals surface area contributed by atoms with Gasteiger partial charge in [0.2, 0.25) is 0 Å². The lowest BCUT2D eigenvalue weighted by Crippen LogP contribution is -2.22. The number of hydrogen-bond donors (Lipinski definition) is 1.